The molecule has 0 saturated heterocycles. The lowest BCUT2D eigenvalue weighted by molar-refractivity contribution is 0.528. The Balaban J connectivity index is 1.57. The van der Waals surface area contributed by atoms with E-state index in [1.165, 1.54) is 0 Å². The van der Waals surface area contributed by atoms with Gasteiger partial charge in [-0.15, -0.1) is 20.4 Å². The van der Waals surface area contributed by atoms with Gasteiger partial charge in [0, 0.05) is 30.8 Å². The van der Waals surface area contributed by atoms with Crippen molar-refractivity contribution in [2.45, 2.75) is 38.5 Å². The third-order valence-corrected chi connectivity index (χ3v) is 7.58. The smallest absolute Gasteiger partial charge is 0.183 e. The zero-order chi connectivity index (χ0) is 26.9. The van der Waals surface area contributed by atoms with Crippen molar-refractivity contribution in [2.75, 3.05) is 0 Å². The van der Waals surface area contributed by atoms with Crippen LogP contribution < -0.4 is 0 Å². The number of fused-ring (bicyclic) bond motifs is 10. The molecule has 0 saturated carbocycles. The fourth-order valence-electron chi connectivity index (χ4n) is 5.40. The number of aromatic amines is 1. The van der Waals surface area contributed by atoms with Crippen molar-refractivity contribution in [1.29, 1.82) is 0 Å². The van der Waals surface area contributed by atoms with Crippen molar-refractivity contribution in [2.24, 2.45) is 7.05 Å². The van der Waals surface area contributed by atoms with E-state index in [0.29, 0.717) is 23.2 Å². The van der Waals surface area contributed by atoms with Crippen LogP contribution in [0.1, 0.15) is 51.0 Å². The van der Waals surface area contributed by atoms with Crippen LogP contribution in [0.15, 0.2) is 73.1 Å². The van der Waals surface area contributed by atoms with Gasteiger partial charge in [0.25, 0.3) is 0 Å². The van der Waals surface area contributed by atoms with Crippen molar-refractivity contribution in [3.05, 3.63) is 96.4 Å². The summed E-state index contributed by atoms with van der Waals surface area (Å²) < 4.78 is 6.24. The molecule has 1 aliphatic rings. The van der Waals surface area contributed by atoms with Crippen LogP contribution in [0.4, 0.5) is 0 Å². The molecule has 0 aliphatic carbocycles. The molecule has 0 spiro atoms. The molecular formula is C29H28N10. The molecular weight excluding hydrogens is 488 g/mol. The van der Waals surface area contributed by atoms with Gasteiger partial charge in [0.1, 0.15) is 34.7 Å². The third kappa shape index (κ3) is 3.41. The van der Waals surface area contributed by atoms with E-state index < -0.39 is 10.8 Å². The maximum Gasteiger partial charge on any atom is 0.183 e. The summed E-state index contributed by atoms with van der Waals surface area (Å²) in [6.45, 7) is 8.41. The van der Waals surface area contributed by atoms with Gasteiger partial charge < -0.3 is 18.7 Å². The van der Waals surface area contributed by atoms with E-state index in [1.807, 2.05) is 60.4 Å². The summed E-state index contributed by atoms with van der Waals surface area (Å²) in [5.74, 6) is 4.36. The quantitative estimate of drug-likeness (QED) is 0.360. The molecule has 1 aliphatic heterocycles. The van der Waals surface area contributed by atoms with Crippen LogP contribution in [-0.2, 0) is 17.9 Å². The molecule has 39 heavy (non-hydrogen) atoms. The second-order valence-corrected chi connectivity index (χ2v) is 11.0. The average molecular weight is 517 g/mol. The number of nitrogens with one attached hydrogen (secondary N) is 1. The molecule has 194 valence electrons. The van der Waals surface area contributed by atoms with Crippen molar-refractivity contribution >= 4 is 0 Å². The maximum absolute atomic E-state index is 5.21. The summed E-state index contributed by atoms with van der Waals surface area (Å²) in [6.07, 6.45) is 4.05. The highest BCUT2D eigenvalue weighted by atomic mass is 15.3. The van der Waals surface area contributed by atoms with Crippen LogP contribution >= 0.6 is 0 Å². The summed E-state index contributed by atoms with van der Waals surface area (Å²) >= 11 is 0. The Hall–Kier alpha value is -4.86. The second-order valence-electron chi connectivity index (χ2n) is 11.0. The number of para-hydroxylation sites is 2. The van der Waals surface area contributed by atoms with Gasteiger partial charge in [-0.2, -0.15) is 0 Å². The predicted octanol–water partition coefficient (Wildman–Crippen LogP) is 4.60. The summed E-state index contributed by atoms with van der Waals surface area (Å²) in [6, 6.07) is 20.4. The third-order valence-electron chi connectivity index (χ3n) is 7.58. The van der Waals surface area contributed by atoms with Gasteiger partial charge in [-0.3, -0.25) is 0 Å². The normalized spacial score (nSPS) is 15.2. The molecule has 0 atom stereocenters. The molecule has 0 fully saturated rings. The summed E-state index contributed by atoms with van der Waals surface area (Å²) in [4.78, 5) is 13.8. The van der Waals surface area contributed by atoms with E-state index >= 15 is 0 Å². The number of benzene rings is 2. The van der Waals surface area contributed by atoms with Gasteiger partial charge in [-0.05, 0) is 52.0 Å². The Bertz CT molecular complexity index is 1820. The largest absolute Gasteiger partial charge is 0.323 e. The topological polar surface area (TPSA) is 108 Å². The van der Waals surface area contributed by atoms with Crippen LogP contribution in [0, 0.1) is 0 Å². The van der Waals surface area contributed by atoms with Crippen LogP contribution in [0.3, 0.4) is 0 Å². The SMILES string of the molecule is Cn1c2nnc1C(C)(C)c1nnc([nH]1)-c1cn(-c3ccccc3)c(n1)C(C)(C)c1nc-2cn1-c1ccccc1. The minimum atomic E-state index is -0.629. The monoisotopic (exact) mass is 516 g/mol. The van der Waals surface area contributed by atoms with Gasteiger partial charge in [0.2, 0.25) is 0 Å². The molecule has 4 aromatic heterocycles. The second kappa shape index (κ2) is 8.07. The van der Waals surface area contributed by atoms with E-state index in [2.05, 4.69) is 86.5 Å². The Kier molecular flexibility index (Phi) is 4.81. The van der Waals surface area contributed by atoms with Gasteiger partial charge >= 0.3 is 0 Å². The Morgan fingerprint density at radius 2 is 1.18 bits per heavy atom. The van der Waals surface area contributed by atoms with Crippen molar-refractivity contribution < 1.29 is 0 Å². The van der Waals surface area contributed by atoms with E-state index in [-0.39, 0.29) is 0 Å². The molecule has 0 amide bonds. The summed E-state index contributed by atoms with van der Waals surface area (Å²) in [5, 5.41) is 18.2. The van der Waals surface area contributed by atoms with Gasteiger partial charge in [-0.25, -0.2) is 9.97 Å². The highest BCUT2D eigenvalue weighted by Gasteiger charge is 2.38. The number of H-pyrrole nitrogens is 1. The number of hydrogen-bond acceptors (Lipinski definition) is 6. The lowest BCUT2D eigenvalue weighted by Gasteiger charge is -2.26. The van der Waals surface area contributed by atoms with Crippen molar-refractivity contribution in [1.82, 2.24) is 49.0 Å². The highest BCUT2D eigenvalue weighted by Crippen LogP contribution is 2.38. The lowest BCUT2D eigenvalue weighted by Crippen LogP contribution is -2.28. The molecule has 10 heteroatoms. The minimum absolute atomic E-state index is 0.593. The fraction of sp³-hybridized carbons (Fsp3) is 0.241. The summed E-state index contributed by atoms with van der Waals surface area (Å²) in [5.41, 5.74) is 2.21. The molecule has 2 aromatic carbocycles. The first-order valence-electron chi connectivity index (χ1n) is 12.9. The highest BCUT2D eigenvalue weighted by molar-refractivity contribution is 5.56. The molecule has 0 radical (unpaired) electrons. The van der Waals surface area contributed by atoms with Crippen LogP contribution in [-0.4, -0.2) is 49.0 Å². The van der Waals surface area contributed by atoms with Crippen LogP contribution in [0.2, 0.25) is 0 Å². The Morgan fingerprint density at radius 1 is 0.615 bits per heavy atom. The Morgan fingerprint density at radius 3 is 1.79 bits per heavy atom. The van der Waals surface area contributed by atoms with Gasteiger partial charge in [0.15, 0.2) is 11.6 Å². The minimum Gasteiger partial charge on any atom is -0.323 e. The van der Waals surface area contributed by atoms with Crippen LogP contribution in [0.5, 0.6) is 0 Å². The summed E-state index contributed by atoms with van der Waals surface area (Å²) in [7, 11) is 1.97. The molecule has 10 nitrogen and oxygen atoms in total. The first-order valence-corrected chi connectivity index (χ1v) is 12.9. The number of aromatic nitrogens is 10. The van der Waals surface area contributed by atoms with Crippen LogP contribution in [0.25, 0.3) is 34.4 Å². The number of hydrogen-bond donors (Lipinski definition) is 1. The number of nitrogens with zero attached hydrogens (tertiary/aromatic N) is 9. The fourth-order valence-corrected chi connectivity index (χ4v) is 5.40. The van der Waals surface area contributed by atoms with E-state index in [0.717, 1.165) is 34.5 Å². The zero-order valence-corrected chi connectivity index (χ0v) is 22.5. The van der Waals surface area contributed by atoms with E-state index in [4.69, 9.17) is 9.97 Å². The van der Waals surface area contributed by atoms with Gasteiger partial charge in [0.05, 0.1) is 10.8 Å². The molecule has 8 bridgehead atoms. The molecule has 6 aromatic rings. The Labute approximate surface area is 225 Å². The molecule has 7 rings (SSSR count). The molecule has 0 unspecified atom stereocenters. The standard InChI is InChI=1S/C29H28N10/c1-28(2)24-32-22(33-35-24)20-16-38(18-12-8-6-9-13-18)25(30-20)29(3,4)26-31-21(23-34-36-27(28)37(23)5)17-39(26)19-14-10-7-11-15-19/h6-17H,1-5H3,(H,32,33,35). The van der Waals surface area contributed by atoms with Gasteiger partial charge in [-0.1, -0.05) is 36.4 Å². The average Bonchev–Trinajstić information content (AvgIpc) is 3.74. The lowest BCUT2D eigenvalue weighted by atomic mass is 9.90. The first-order chi connectivity index (χ1) is 18.7. The predicted molar refractivity (Wildman–Crippen MR) is 147 cm³/mol. The van der Waals surface area contributed by atoms with Crippen molar-refractivity contribution in [3.63, 3.8) is 0 Å². The first kappa shape index (κ1) is 23.3. The molecule has 1 N–H and O–H groups in total. The molecule has 5 heterocycles. The zero-order valence-electron chi connectivity index (χ0n) is 22.5. The van der Waals surface area contributed by atoms with E-state index in [1.54, 1.807) is 0 Å². The maximum atomic E-state index is 5.21. The number of imidazole rings is 2. The van der Waals surface area contributed by atoms with Crippen molar-refractivity contribution in [3.8, 4) is 34.4 Å². The van der Waals surface area contributed by atoms with E-state index in [9.17, 15) is 0 Å². The number of rotatable bonds is 2.